The average molecular weight is 258 g/mol. The molecule has 1 aliphatic rings. The number of likely N-dealkylation sites (tertiary alicyclic amines) is 1. The molecule has 2 N–H and O–H groups in total. The number of hydrogen-bond donors (Lipinski definition) is 1. The summed E-state index contributed by atoms with van der Waals surface area (Å²) in [7, 11) is 0. The Morgan fingerprint density at radius 1 is 1.58 bits per heavy atom. The summed E-state index contributed by atoms with van der Waals surface area (Å²) in [4.78, 5) is 6.53. The molecule has 19 heavy (non-hydrogen) atoms. The van der Waals surface area contributed by atoms with Crippen LogP contribution in [-0.2, 0) is 6.54 Å². The molecule has 0 aliphatic carbocycles. The largest absolute Gasteiger partial charge is 0.329 e. The second-order valence-electron chi connectivity index (χ2n) is 5.28. The van der Waals surface area contributed by atoms with Crippen molar-refractivity contribution >= 4 is 0 Å². The van der Waals surface area contributed by atoms with Gasteiger partial charge in [0.25, 0.3) is 0 Å². The molecule has 0 radical (unpaired) electrons. The Kier molecular flexibility index (Phi) is 4.89. The van der Waals surface area contributed by atoms with Crippen molar-refractivity contribution in [2.75, 3.05) is 13.1 Å². The third kappa shape index (κ3) is 3.31. The molecule has 2 unspecified atom stereocenters. The Morgan fingerprint density at radius 2 is 2.42 bits per heavy atom. The van der Waals surface area contributed by atoms with Gasteiger partial charge >= 0.3 is 0 Å². The van der Waals surface area contributed by atoms with Crippen molar-refractivity contribution in [2.45, 2.75) is 38.8 Å². The lowest BCUT2D eigenvalue weighted by Gasteiger charge is -2.38. The van der Waals surface area contributed by atoms with Crippen LogP contribution < -0.4 is 5.73 Å². The number of hydrogen-bond acceptors (Lipinski definition) is 4. The number of piperidine rings is 1. The highest BCUT2D eigenvalue weighted by molar-refractivity contribution is 5.30. The van der Waals surface area contributed by atoms with E-state index in [-0.39, 0.29) is 0 Å². The molecule has 1 aliphatic heterocycles. The number of pyridine rings is 1. The fourth-order valence-corrected chi connectivity index (χ4v) is 2.89. The van der Waals surface area contributed by atoms with Crippen LogP contribution in [0.25, 0.3) is 0 Å². The second-order valence-corrected chi connectivity index (χ2v) is 5.28. The Hall–Kier alpha value is -1.44. The van der Waals surface area contributed by atoms with Crippen LogP contribution in [0.4, 0.5) is 0 Å². The molecule has 102 valence electrons. The van der Waals surface area contributed by atoms with E-state index in [0.29, 0.717) is 18.3 Å². The Balaban J connectivity index is 2.08. The van der Waals surface area contributed by atoms with Gasteiger partial charge in [-0.05, 0) is 31.4 Å². The molecule has 0 amide bonds. The lowest BCUT2D eigenvalue weighted by atomic mass is 9.88. The van der Waals surface area contributed by atoms with Crippen LogP contribution >= 0.6 is 0 Å². The summed E-state index contributed by atoms with van der Waals surface area (Å²) in [5.41, 5.74) is 7.46. The summed E-state index contributed by atoms with van der Waals surface area (Å²) in [6.45, 7) is 4.80. The van der Waals surface area contributed by atoms with Crippen LogP contribution in [0, 0.1) is 17.2 Å². The summed E-state index contributed by atoms with van der Waals surface area (Å²) in [5.74, 6) is 0.800. The number of nitrogens with zero attached hydrogens (tertiary/aromatic N) is 3. The maximum atomic E-state index is 9.10. The first-order valence-electron chi connectivity index (χ1n) is 7.06. The molecule has 1 aromatic rings. The van der Waals surface area contributed by atoms with Crippen LogP contribution in [0.5, 0.6) is 0 Å². The second kappa shape index (κ2) is 6.65. The highest BCUT2D eigenvalue weighted by Crippen LogP contribution is 2.26. The van der Waals surface area contributed by atoms with Gasteiger partial charge in [0, 0.05) is 30.9 Å². The molecule has 2 heterocycles. The van der Waals surface area contributed by atoms with Crippen molar-refractivity contribution in [3.63, 3.8) is 0 Å². The fraction of sp³-hybridized carbons (Fsp3) is 0.600. The molecule has 1 fully saturated rings. The number of nitriles is 1. The molecule has 0 spiro atoms. The minimum Gasteiger partial charge on any atom is -0.329 e. The van der Waals surface area contributed by atoms with Gasteiger partial charge in [0.1, 0.15) is 11.8 Å². The van der Waals surface area contributed by atoms with E-state index in [2.05, 4.69) is 22.9 Å². The van der Waals surface area contributed by atoms with Gasteiger partial charge in [0.15, 0.2) is 0 Å². The number of aromatic nitrogens is 1. The Labute approximate surface area is 115 Å². The summed E-state index contributed by atoms with van der Waals surface area (Å²) < 4.78 is 0. The maximum absolute atomic E-state index is 9.10. The summed E-state index contributed by atoms with van der Waals surface area (Å²) >= 11 is 0. The zero-order chi connectivity index (χ0) is 13.7. The molecule has 1 aromatic heterocycles. The van der Waals surface area contributed by atoms with Crippen LogP contribution in [0.15, 0.2) is 18.3 Å². The number of rotatable bonds is 4. The SMILES string of the molecule is CCC1CCN(Cc2cccnc2C#N)C(CN)C1. The molecular formula is C15H22N4. The summed E-state index contributed by atoms with van der Waals surface area (Å²) in [6.07, 6.45) is 5.32. The first kappa shape index (κ1) is 14.0. The third-order valence-electron chi connectivity index (χ3n) is 4.17. The summed E-state index contributed by atoms with van der Waals surface area (Å²) in [5, 5.41) is 9.10. The van der Waals surface area contributed by atoms with Gasteiger partial charge in [-0.2, -0.15) is 5.26 Å². The fourth-order valence-electron chi connectivity index (χ4n) is 2.89. The molecular weight excluding hydrogens is 236 g/mol. The van der Waals surface area contributed by atoms with Crippen molar-refractivity contribution in [1.82, 2.24) is 9.88 Å². The topological polar surface area (TPSA) is 65.9 Å². The predicted octanol–water partition coefficient (Wildman–Crippen LogP) is 1.90. The van der Waals surface area contributed by atoms with E-state index in [1.807, 2.05) is 12.1 Å². The van der Waals surface area contributed by atoms with Gasteiger partial charge in [-0.15, -0.1) is 0 Å². The van der Waals surface area contributed by atoms with E-state index >= 15 is 0 Å². The van der Waals surface area contributed by atoms with Crippen LogP contribution in [0.1, 0.15) is 37.4 Å². The van der Waals surface area contributed by atoms with Gasteiger partial charge in [-0.25, -0.2) is 4.98 Å². The van der Waals surface area contributed by atoms with Gasteiger partial charge in [-0.1, -0.05) is 19.4 Å². The zero-order valence-electron chi connectivity index (χ0n) is 11.5. The summed E-state index contributed by atoms with van der Waals surface area (Å²) in [6, 6.07) is 6.49. The maximum Gasteiger partial charge on any atom is 0.144 e. The first-order valence-corrected chi connectivity index (χ1v) is 7.06. The molecule has 0 bridgehead atoms. The van der Waals surface area contributed by atoms with E-state index in [9.17, 15) is 0 Å². The van der Waals surface area contributed by atoms with Gasteiger partial charge < -0.3 is 5.73 Å². The monoisotopic (exact) mass is 258 g/mol. The van der Waals surface area contributed by atoms with Crippen LogP contribution in [0.3, 0.4) is 0 Å². The van der Waals surface area contributed by atoms with Crippen molar-refractivity contribution in [3.8, 4) is 6.07 Å². The van der Waals surface area contributed by atoms with E-state index in [0.717, 1.165) is 24.6 Å². The van der Waals surface area contributed by atoms with Crippen molar-refractivity contribution < 1.29 is 0 Å². The third-order valence-corrected chi connectivity index (χ3v) is 4.17. The smallest absolute Gasteiger partial charge is 0.144 e. The molecule has 2 atom stereocenters. The molecule has 0 saturated carbocycles. The molecule has 1 saturated heterocycles. The molecule has 4 nitrogen and oxygen atoms in total. The van der Waals surface area contributed by atoms with Crippen LogP contribution in [-0.4, -0.2) is 29.0 Å². The van der Waals surface area contributed by atoms with Crippen molar-refractivity contribution in [3.05, 3.63) is 29.6 Å². The van der Waals surface area contributed by atoms with Crippen molar-refractivity contribution in [1.29, 1.82) is 5.26 Å². The van der Waals surface area contributed by atoms with E-state index in [1.54, 1.807) is 6.20 Å². The Morgan fingerprint density at radius 3 is 3.11 bits per heavy atom. The molecule has 0 aromatic carbocycles. The average Bonchev–Trinajstić information content (AvgIpc) is 2.48. The minimum atomic E-state index is 0.436. The number of nitrogens with two attached hydrogens (primary N) is 1. The van der Waals surface area contributed by atoms with E-state index < -0.39 is 0 Å². The van der Waals surface area contributed by atoms with Crippen molar-refractivity contribution in [2.24, 2.45) is 11.7 Å². The first-order chi connectivity index (χ1) is 9.28. The Bertz CT molecular complexity index is 452. The molecule has 4 heteroatoms. The van der Waals surface area contributed by atoms with E-state index in [1.165, 1.54) is 19.3 Å². The van der Waals surface area contributed by atoms with Gasteiger partial charge in [0.2, 0.25) is 0 Å². The highest BCUT2D eigenvalue weighted by Gasteiger charge is 2.27. The standard InChI is InChI=1S/C15H22N4/c1-2-12-5-7-19(14(8-12)9-16)11-13-4-3-6-18-15(13)10-17/h3-4,6,12,14H,2,5,7-9,11,16H2,1H3. The lowest BCUT2D eigenvalue weighted by Crippen LogP contribution is -2.46. The lowest BCUT2D eigenvalue weighted by molar-refractivity contribution is 0.107. The molecule has 2 rings (SSSR count). The normalized spacial score (nSPS) is 24.1. The van der Waals surface area contributed by atoms with Gasteiger partial charge in [-0.3, -0.25) is 4.90 Å². The highest BCUT2D eigenvalue weighted by atomic mass is 15.2. The predicted molar refractivity (Wildman–Crippen MR) is 75.2 cm³/mol. The van der Waals surface area contributed by atoms with Gasteiger partial charge in [0.05, 0.1) is 0 Å². The quantitative estimate of drug-likeness (QED) is 0.895. The minimum absolute atomic E-state index is 0.436. The van der Waals surface area contributed by atoms with E-state index in [4.69, 9.17) is 11.0 Å². The zero-order valence-corrected chi connectivity index (χ0v) is 11.5. The van der Waals surface area contributed by atoms with Crippen LogP contribution in [0.2, 0.25) is 0 Å².